The van der Waals surface area contributed by atoms with Gasteiger partial charge in [0.15, 0.2) is 0 Å². The molecule has 76 valence electrons. The first-order valence-corrected chi connectivity index (χ1v) is 4.04. The molecule has 0 radical (unpaired) electrons. The van der Waals surface area contributed by atoms with Crippen molar-refractivity contribution in [3.63, 3.8) is 0 Å². The van der Waals surface area contributed by atoms with E-state index in [4.69, 9.17) is 5.84 Å². The second-order valence-electron chi connectivity index (χ2n) is 2.91. The summed E-state index contributed by atoms with van der Waals surface area (Å²) in [7, 11) is 3.45. The van der Waals surface area contributed by atoms with Gasteiger partial charge in [0.25, 0.3) is 5.91 Å². The Balaban J connectivity index is 2.79. The van der Waals surface area contributed by atoms with Crippen molar-refractivity contribution in [2.75, 3.05) is 19.5 Å². The Hall–Kier alpha value is -1.66. The van der Waals surface area contributed by atoms with Gasteiger partial charge in [0.05, 0.1) is 5.69 Å². The van der Waals surface area contributed by atoms with Crippen LogP contribution in [0.25, 0.3) is 0 Å². The van der Waals surface area contributed by atoms with Crippen molar-refractivity contribution in [1.82, 2.24) is 15.4 Å². The van der Waals surface area contributed by atoms with Crippen molar-refractivity contribution in [3.8, 4) is 0 Å². The van der Waals surface area contributed by atoms with E-state index in [1.54, 1.807) is 31.2 Å². The molecule has 1 heterocycles. The Kier molecular flexibility index (Phi) is 3.38. The van der Waals surface area contributed by atoms with Gasteiger partial charge in [0, 0.05) is 20.3 Å². The first-order chi connectivity index (χ1) is 6.63. The molecule has 0 bridgehead atoms. The van der Waals surface area contributed by atoms with Crippen LogP contribution in [0.5, 0.6) is 0 Å². The maximum absolute atomic E-state index is 11.4. The molecule has 0 spiro atoms. The molecule has 1 aromatic heterocycles. The zero-order valence-corrected chi connectivity index (χ0v) is 8.11. The standard InChI is InChI=1S/C8H13N5O/c1-13(2)12-8(14)7-5-6(11-9)3-4-10-7/h3-5H,9H2,1-2H3,(H,10,11)(H,12,14). The smallest absolute Gasteiger partial charge is 0.284 e. The third kappa shape index (κ3) is 2.68. The van der Waals surface area contributed by atoms with E-state index in [0.29, 0.717) is 11.4 Å². The first kappa shape index (κ1) is 10.4. The van der Waals surface area contributed by atoms with Gasteiger partial charge < -0.3 is 5.43 Å². The van der Waals surface area contributed by atoms with Crippen LogP contribution >= 0.6 is 0 Å². The van der Waals surface area contributed by atoms with Crippen molar-refractivity contribution in [3.05, 3.63) is 24.0 Å². The molecular formula is C8H13N5O. The van der Waals surface area contributed by atoms with Crippen molar-refractivity contribution in [1.29, 1.82) is 0 Å². The second-order valence-corrected chi connectivity index (χ2v) is 2.91. The lowest BCUT2D eigenvalue weighted by Crippen LogP contribution is -2.36. The Morgan fingerprint density at radius 2 is 2.29 bits per heavy atom. The molecular weight excluding hydrogens is 182 g/mol. The third-order valence-electron chi connectivity index (χ3n) is 1.48. The highest BCUT2D eigenvalue weighted by atomic mass is 16.2. The Labute approximate surface area is 82.0 Å². The van der Waals surface area contributed by atoms with E-state index < -0.39 is 0 Å². The quantitative estimate of drug-likeness (QED) is 0.450. The van der Waals surface area contributed by atoms with Crippen LogP contribution in [0.2, 0.25) is 0 Å². The minimum atomic E-state index is -0.271. The summed E-state index contributed by atoms with van der Waals surface area (Å²) in [5.41, 5.74) is 5.97. The number of aromatic nitrogens is 1. The van der Waals surface area contributed by atoms with Crippen LogP contribution in [0.4, 0.5) is 5.69 Å². The molecule has 0 saturated carbocycles. The number of hydrogen-bond donors (Lipinski definition) is 3. The van der Waals surface area contributed by atoms with Crippen LogP contribution in [0.1, 0.15) is 10.5 Å². The minimum absolute atomic E-state index is 0.271. The summed E-state index contributed by atoms with van der Waals surface area (Å²) < 4.78 is 0. The topological polar surface area (TPSA) is 83.3 Å². The average Bonchev–Trinajstić information content (AvgIpc) is 2.17. The normalized spacial score (nSPS) is 10.0. The van der Waals surface area contributed by atoms with Gasteiger partial charge in [0.1, 0.15) is 5.69 Å². The number of hydrazine groups is 2. The number of nitrogens with one attached hydrogen (secondary N) is 2. The monoisotopic (exact) mass is 195 g/mol. The maximum atomic E-state index is 11.4. The molecule has 6 nitrogen and oxygen atoms in total. The summed E-state index contributed by atoms with van der Waals surface area (Å²) in [4.78, 5) is 15.3. The average molecular weight is 195 g/mol. The lowest BCUT2D eigenvalue weighted by molar-refractivity contribution is 0.0851. The van der Waals surface area contributed by atoms with E-state index in [1.807, 2.05) is 0 Å². The highest BCUT2D eigenvalue weighted by molar-refractivity contribution is 5.92. The summed E-state index contributed by atoms with van der Waals surface area (Å²) in [6.07, 6.45) is 1.51. The van der Waals surface area contributed by atoms with Crippen molar-refractivity contribution < 1.29 is 4.79 Å². The number of pyridine rings is 1. The molecule has 1 amide bonds. The molecule has 0 unspecified atom stereocenters. The predicted molar refractivity (Wildman–Crippen MR) is 53.2 cm³/mol. The second kappa shape index (κ2) is 4.54. The lowest BCUT2D eigenvalue weighted by Gasteiger charge is -2.11. The van der Waals surface area contributed by atoms with Crippen LogP contribution in [0, 0.1) is 0 Å². The summed E-state index contributed by atoms with van der Waals surface area (Å²) >= 11 is 0. The van der Waals surface area contributed by atoms with Gasteiger partial charge in [-0.25, -0.2) is 5.01 Å². The Morgan fingerprint density at radius 1 is 1.57 bits per heavy atom. The number of nitrogens with zero attached hydrogens (tertiary/aromatic N) is 2. The molecule has 0 aliphatic heterocycles. The molecule has 0 aromatic carbocycles. The number of carbonyl (C=O) groups is 1. The van der Waals surface area contributed by atoms with Crippen molar-refractivity contribution >= 4 is 11.6 Å². The fourth-order valence-corrected chi connectivity index (χ4v) is 0.905. The molecule has 0 saturated heterocycles. The van der Waals surface area contributed by atoms with Gasteiger partial charge in [-0.3, -0.25) is 21.0 Å². The molecule has 1 rings (SSSR count). The van der Waals surface area contributed by atoms with Gasteiger partial charge in [-0.15, -0.1) is 0 Å². The Morgan fingerprint density at radius 3 is 2.86 bits per heavy atom. The molecule has 6 heteroatoms. The predicted octanol–water partition coefficient (Wildman–Crippen LogP) is -0.426. The summed E-state index contributed by atoms with van der Waals surface area (Å²) in [5.74, 6) is 4.93. The number of rotatable bonds is 3. The maximum Gasteiger partial charge on any atom is 0.284 e. The zero-order valence-electron chi connectivity index (χ0n) is 8.11. The molecule has 0 aliphatic carbocycles. The van der Waals surface area contributed by atoms with Crippen LogP contribution in [0.3, 0.4) is 0 Å². The fraction of sp³-hybridized carbons (Fsp3) is 0.250. The highest BCUT2D eigenvalue weighted by Gasteiger charge is 2.07. The molecule has 0 aliphatic rings. The van der Waals surface area contributed by atoms with Gasteiger partial charge in [-0.2, -0.15) is 0 Å². The van der Waals surface area contributed by atoms with Crippen LogP contribution in [0.15, 0.2) is 18.3 Å². The summed E-state index contributed by atoms with van der Waals surface area (Å²) in [6.45, 7) is 0. The summed E-state index contributed by atoms with van der Waals surface area (Å²) in [6, 6.07) is 3.24. The van der Waals surface area contributed by atoms with Gasteiger partial charge in [-0.1, -0.05) is 0 Å². The van der Waals surface area contributed by atoms with E-state index in [2.05, 4.69) is 15.8 Å². The number of nitrogens with two attached hydrogens (primary N) is 1. The number of carbonyl (C=O) groups excluding carboxylic acids is 1. The van der Waals surface area contributed by atoms with Crippen molar-refractivity contribution in [2.24, 2.45) is 5.84 Å². The number of nitrogen functional groups attached to an aromatic ring is 1. The zero-order chi connectivity index (χ0) is 10.6. The van der Waals surface area contributed by atoms with Crippen molar-refractivity contribution in [2.45, 2.75) is 0 Å². The lowest BCUT2D eigenvalue weighted by atomic mass is 10.3. The minimum Gasteiger partial charge on any atom is -0.324 e. The van der Waals surface area contributed by atoms with Crippen LogP contribution < -0.4 is 16.7 Å². The van der Waals surface area contributed by atoms with Crippen LogP contribution in [-0.4, -0.2) is 30.0 Å². The molecule has 0 fully saturated rings. The number of hydrogen-bond acceptors (Lipinski definition) is 5. The molecule has 0 atom stereocenters. The van der Waals surface area contributed by atoms with E-state index in [-0.39, 0.29) is 5.91 Å². The van der Waals surface area contributed by atoms with Gasteiger partial charge in [-0.05, 0) is 12.1 Å². The van der Waals surface area contributed by atoms with Crippen LogP contribution in [-0.2, 0) is 0 Å². The Bertz CT molecular complexity index is 325. The molecule has 1 aromatic rings. The number of amides is 1. The first-order valence-electron chi connectivity index (χ1n) is 4.04. The van der Waals surface area contributed by atoms with E-state index in [0.717, 1.165) is 0 Å². The number of anilines is 1. The highest BCUT2D eigenvalue weighted by Crippen LogP contribution is 2.05. The van der Waals surface area contributed by atoms with E-state index >= 15 is 0 Å². The third-order valence-corrected chi connectivity index (χ3v) is 1.48. The van der Waals surface area contributed by atoms with E-state index in [9.17, 15) is 4.79 Å². The molecule has 4 N–H and O–H groups in total. The SMILES string of the molecule is CN(C)NC(=O)c1cc(NN)ccn1. The largest absolute Gasteiger partial charge is 0.324 e. The fourth-order valence-electron chi connectivity index (χ4n) is 0.905. The van der Waals surface area contributed by atoms with Gasteiger partial charge >= 0.3 is 0 Å². The summed E-state index contributed by atoms with van der Waals surface area (Å²) in [5, 5.41) is 1.55. The molecule has 14 heavy (non-hydrogen) atoms. The van der Waals surface area contributed by atoms with Gasteiger partial charge in [0.2, 0.25) is 0 Å². The van der Waals surface area contributed by atoms with E-state index in [1.165, 1.54) is 6.20 Å².